The number of amides is 1. The van der Waals surface area contributed by atoms with Crippen LogP contribution < -0.4 is 5.73 Å². The fourth-order valence-electron chi connectivity index (χ4n) is 0.984. The fourth-order valence-corrected chi connectivity index (χ4v) is 2.30. The van der Waals surface area contributed by atoms with Crippen molar-refractivity contribution >= 4 is 52.2 Å². The van der Waals surface area contributed by atoms with Gasteiger partial charge in [0.1, 0.15) is 0 Å². The third-order valence-electron chi connectivity index (χ3n) is 2.14. The van der Waals surface area contributed by atoms with Gasteiger partial charge in [-0.15, -0.1) is 23.7 Å². The minimum Gasteiger partial charge on any atom is -0.338 e. The molecule has 1 unspecified atom stereocenters. The molecule has 86 valence electrons. The number of halogens is 2. The number of nitrogens with two attached hydrogens (primary N) is 1. The summed E-state index contributed by atoms with van der Waals surface area (Å²) in [6.45, 7) is 2.43. The molecule has 1 aromatic heterocycles. The summed E-state index contributed by atoms with van der Waals surface area (Å²) in [6.07, 6.45) is 0. The van der Waals surface area contributed by atoms with Gasteiger partial charge in [-0.2, -0.15) is 0 Å². The van der Waals surface area contributed by atoms with Gasteiger partial charge in [-0.05, 0) is 35.6 Å². The highest BCUT2D eigenvalue weighted by molar-refractivity contribution is 14.1. The molecule has 1 amide bonds. The van der Waals surface area contributed by atoms with Crippen LogP contribution in [0.1, 0.15) is 17.3 Å². The van der Waals surface area contributed by atoms with E-state index in [0.717, 1.165) is 8.45 Å². The molecule has 0 aliphatic rings. The minimum atomic E-state index is 0. The first kappa shape index (κ1) is 15.2. The molecule has 0 aromatic carbocycles. The first-order chi connectivity index (χ1) is 6.56. The van der Waals surface area contributed by atoms with Crippen LogP contribution in [0.3, 0.4) is 0 Å². The summed E-state index contributed by atoms with van der Waals surface area (Å²) < 4.78 is 1.12. The van der Waals surface area contributed by atoms with E-state index < -0.39 is 0 Å². The Hall–Kier alpha value is 0.150. The van der Waals surface area contributed by atoms with Gasteiger partial charge in [-0.25, -0.2) is 0 Å². The highest BCUT2D eigenvalue weighted by atomic mass is 127. The van der Waals surface area contributed by atoms with E-state index in [2.05, 4.69) is 22.6 Å². The summed E-state index contributed by atoms with van der Waals surface area (Å²) in [6, 6.07) is 1.98. The third kappa shape index (κ3) is 3.90. The summed E-state index contributed by atoms with van der Waals surface area (Å²) in [5.74, 6) is 0.0436. The van der Waals surface area contributed by atoms with E-state index in [1.54, 1.807) is 23.3 Å². The zero-order valence-corrected chi connectivity index (χ0v) is 12.4. The van der Waals surface area contributed by atoms with Crippen molar-refractivity contribution in [2.45, 2.75) is 13.0 Å². The average Bonchev–Trinajstić information content (AvgIpc) is 2.61. The van der Waals surface area contributed by atoms with Gasteiger partial charge in [-0.1, -0.05) is 0 Å². The number of carbonyl (C=O) groups is 1. The van der Waals surface area contributed by atoms with Crippen molar-refractivity contribution in [1.29, 1.82) is 0 Å². The van der Waals surface area contributed by atoms with Crippen molar-refractivity contribution in [3.05, 3.63) is 19.9 Å². The lowest BCUT2D eigenvalue weighted by Crippen LogP contribution is -2.39. The lowest BCUT2D eigenvalue weighted by Gasteiger charge is -2.22. The van der Waals surface area contributed by atoms with Crippen LogP contribution in [0.2, 0.25) is 0 Å². The molecule has 0 saturated carbocycles. The zero-order valence-electron chi connectivity index (χ0n) is 8.57. The number of hydrogen-bond donors (Lipinski definition) is 1. The first-order valence-corrected chi connectivity index (χ1v) is 6.23. The van der Waals surface area contributed by atoms with Gasteiger partial charge in [0.15, 0.2) is 0 Å². The monoisotopic (exact) mass is 360 g/mol. The number of rotatable bonds is 3. The molecular weight excluding hydrogens is 347 g/mol. The minimum absolute atomic E-state index is 0. The van der Waals surface area contributed by atoms with Crippen LogP contribution in [0.15, 0.2) is 11.4 Å². The van der Waals surface area contributed by atoms with Crippen molar-refractivity contribution in [1.82, 2.24) is 4.90 Å². The molecule has 0 spiro atoms. The van der Waals surface area contributed by atoms with E-state index >= 15 is 0 Å². The Morgan fingerprint density at radius 3 is 2.73 bits per heavy atom. The highest BCUT2D eigenvalue weighted by Crippen LogP contribution is 2.18. The van der Waals surface area contributed by atoms with Crippen LogP contribution in [0.5, 0.6) is 0 Å². The summed E-state index contributed by atoms with van der Waals surface area (Å²) in [5.41, 5.74) is 6.25. The van der Waals surface area contributed by atoms with Gasteiger partial charge < -0.3 is 10.6 Å². The Bertz CT molecular complexity index is 332. The summed E-state index contributed by atoms with van der Waals surface area (Å²) in [7, 11) is 1.78. The van der Waals surface area contributed by atoms with Gasteiger partial charge >= 0.3 is 0 Å². The van der Waals surface area contributed by atoms with Crippen LogP contribution in [-0.4, -0.2) is 30.4 Å². The van der Waals surface area contributed by atoms with Gasteiger partial charge in [0.05, 0.1) is 8.45 Å². The van der Waals surface area contributed by atoms with Crippen molar-refractivity contribution in [3.63, 3.8) is 0 Å². The molecule has 1 atom stereocenters. The van der Waals surface area contributed by atoms with Crippen molar-refractivity contribution in [2.75, 3.05) is 13.6 Å². The fraction of sp³-hybridized carbons (Fsp3) is 0.444. The van der Waals surface area contributed by atoms with Crippen LogP contribution in [0, 0.1) is 2.88 Å². The Morgan fingerprint density at radius 2 is 2.33 bits per heavy atom. The predicted octanol–water partition coefficient (Wildman–Crippen LogP) is 2.19. The second-order valence-corrected chi connectivity index (χ2v) is 5.95. The van der Waals surface area contributed by atoms with E-state index in [0.29, 0.717) is 6.54 Å². The van der Waals surface area contributed by atoms with Crippen molar-refractivity contribution in [2.24, 2.45) is 5.73 Å². The maximum Gasteiger partial charge on any atom is 0.254 e. The molecule has 0 fully saturated rings. The van der Waals surface area contributed by atoms with E-state index in [4.69, 9.17) is 5.73 Å². The van der Waals surface area contributed by atoms with Gasteiger partial charge in [0.25, 0.3) is 5.91 Å². The summed E-state index contributed by atoms with van der Waals surface area (Å²) in [4.78, 5) is 13.5. The largest absolute Gasteiger partial charge is 0.338 e. The molecule has 6 heteroatoms. The number of thiophene rings is 1. The molecule has 0 saturated heterocycles. The Kier molecular flexibility index (Phi) is 6.74. The lowest BCUT2D eigenvalue weighted by atomic mass is 10.2. The standard InChI is InChI=1S/C9H13IN2OS.ClH/c1-6(4-11)12(2)9(13)7-3-8(10)14-5-7;/h3,5-6H,4,11H2,1-2H3;1H. The molecule has 1 aromatic rings. The topological polar surface area (TPSA) is 46.3 Å². The lowest BCUT2D eigenvalue weighted by molar-refractivity contribution is 0.0749. The van der Waals surface area contributed by atoms with Crippen LogP contribution in [-0.2, 0) is 0 Å². The molecule has 15 heavy (non-hydrogen) atoms. The number of hydrogen-bond acceptors (Lipinski definition) is 3. The molecule has 2 N–H and O–H groups in total. The van der Waals surface area contributed by atoms with Crippen molar-refractivity contribution < 1.29 is 4.79 Å². The van der Waals surface area contributed by atoms with E-state index in [9.17, 15) is 4.79 Å². The number of nitrogens with zero attached hydrogens (tertiary/aromatic N) is 1. The summed E-state index contributed by atoms with van der Waals surface area (Å²) >= 11 is 3.78. The quantitative estimate of drug-likeness (QED) is 0.840. The highest BCUT2D eigenvalue weighted by Gasteiger charge is 2.17. The third-order valence-corrected chi connectivity index (χ3v) is 3.93. The van der Waals surface area contributed by atoms with E-state index in [1.807, 2.05) is 18.4 Å². The van der Waals surface area contributed by atoms with Crippen molar-refractivity contribution in [3.8, 4) is 0 Å². The SMILES string of the molecule is CC(CN)N(C)C(=O)c1csc(I)c1.Cl. The Morgan fingerprint density at radius 1 is 1.73 bits per heavy atom. The molecule has 3 nitrogen and oxygen atoms in total. The molecule has 1 heterocycles. The first-order valence-electron chi connectivity index (χ1n) is 4.27. The maximum absolute atomic E-state index is 11.8. The molecule has 0 radical (unpaired) electrons. The Labute approximate surface area is 114 Å². The summed E-state index contributed by atoms with van der Waals surface area (Å²) in [5, 5.41) is 1.88. The molecule has 1 rings (SSSR count). The second kappa shape index (κ2) is 6.67. The van der Waals surface area contributed by atoms with E-state index in [1.165, 1.54) is 0 Å². The number of carbonyl (C=O) groups excluding carboxylic acids is 1. The van der Waals surface area contributed by atoms with Gasteiger partial charge in [0, 0.05) is 25.0 Å². The molecule has 0 aliphatic heterocycles. The second-order valence-electron chi connectivity index (χ2n) is 3.14. The number of likely N-dealkylation sites (N-methyl/N-ethyl adjacent to an activating group) is 1. The normalized spacial score (nSPS) is 11.7. The van der Waals surface area contributed by atoms with Crippen LogP contribution in [0.4, 0.5) is 0 Å². The van der Waals surface area contributed by atoms with Crippen LogP contribution in [0.25, 0.3) is 0 Å². The van der Waals surface area contributed by atoms with Crippen LogP contribution >= 0.6 is 46.3 Å². The maximum atomic E-state index is 11.8. The van der Waals surface area contributed by atoms with Gasteiger partial charge in [0.2, 0.25) is 0 Å². The zero-order chi connectivity index (χ0) is 10.7. The smallest absolute Gasteiger partial charge is 0.254 e. The average molecular weight is 361 g/mol. The van der Waals surface area contributed by atoms with E-state index in [-0.39, 0.29) is 24.4 Å². The predicted molar refractivity (Wildman–Crippen MR) is 74.9 cm³/mol. The molecule has 0 bridgehead atoms. The van der Waals surface area contributed by atoms with Gasteiger partial charge in [-0.3, -0.25) is 4.79 Å². The molecular formula is C9H14ClIN2OS. The Balaban J connectivity index is 0.00000196. The molecule has 0 aliphatic carbocycles.